The van der Waals surface area contributed by atoms with Gasteiger partial charge in [-0.15, -0.1) is 0 Å². The highest BCUT2D eigenvalue weighted by Gasteiger charge is 2.20. The molecule has 0 N–H and O–H groups in total. The molecule has 0 atom stereocenters. The van der Waals surface area contributed by atoms with E-state index >= 15 is 0 Å². The molecule has 0 bridgehead atoms. The highest BCUT2D eigenvalue weighted by molar-refractivity contribution is 6.21. The zero-order valence-corrected chi connectivity index (χ0v) is 23.1. The first-order valence-electron chi connectivity index (χ1n) is 14.5. The van der Waals surface area contributed by atoms with Crippen LogP contribution in [-0.2, 0) is 0 Å². The Balaban J connectivity index is 1.41. The number of pyridine rings is 3. The SMILES string of the molecule is c1ccc(-c2nc3ccccc3c3nc4ccc(-c5c6ccccc6c(-c6cccnc6)c6ccccc56)cn4c23)cc1. The molecule has 4 heterocycles. The zero-order chi connectivity index (χ0) is 28.3. The van der Waals surface area contributed by atoms with Gasteiger partial charge in [0.05, 0.1) is 16.7 Å². The third-order valence-corrected chi connectivity index (χ3v) is 8.45. The van der Waals surface area contributed by atoms with E-state index in [0.29, 0.717) is 0 Å². The van der Waals surface area contributed by atoms with Gasteiger partial charge in [-0.25, -0.2) is 9.97 Å². The second kappa shape index (κ2) is 9.33. The molecule has 0 radical (unpaired) electrons. The number of imidazole rings is 1. The van der Waals surface area contributed by atoms with Crippen LogP contribution in [0.3, 0.4) is 0 Å². The van der Waals surface area contributed by atoms with Crippen molar-refractivity contribution in [3.63, 3.8) is 0 Å². The number of rotatable bonds is 3. The van der Waals surface area contributed by atoms with Crippen molar-refractivity contribution in [1.29, 1.82) is 0 Å². The lowest BCUT2D eigenvalue weighted by Gasteiger charge is -2.17. The van der Waals surface area contributed by atoms with Crippen molar-refractivity contribution < 1.29 is 0 Å². The number of hydrogen-bond donors (Lipinski definition) is 0. The summed E-state index contributed by atoms with van der Waals surface area (Å²) in [5, 5.41) is 5.88. The largest absolute Gasteiger partial charge is 0.297 e. The molecule has 4 aromatic heterocycles. The van der Waals surface area contributed by atoms with Gasteiger partial charge in [-0.1, -0.05) is 103 Å². The molecule has 0 fully saturated rings. The molecule has 0 spiro atoms. The highest BCUT2D eigenvalue weighted by Crippen LogP contribution is 2.44. The van der Waals surface area contributed by atoms with Crippen LogP contribution in [0.1, 0.15) is 0 Å². The summed E-state index contributed by atoms with van der Waals surface area (Å²) in [7, 11) is 0. The fourth-order valence-corrected chi connectivity index (χ4v) is 6.61. The summed E-state index contributed by atoms with van der Waals surface area (Å²) in [5.74, 6) is 0. The van der Waals surface area contributed by atoms with Crippen LogP contribution in [0.4, 0.5) is 0 Å². The predicted molar refractivity (Wildman–Crippen MR) is 177 cm³/mol. The fourth-order valence-electron chi connectivity index (χ4n) is 6.61. The lowest BCUT2D eigenvalue weighted by molar-refractivity contribution is 1.22. The fraction of sp³-hybridized carbons (Fsp3) is 0. The van der Waals surface area contributed by atoms with E-state index in [2.05, 4.69) is 125 Å². The molecule has 0 aliphatic rings. The van der Waals surface area contributed by atoms with Gasteiger partial charge in [-0.3, -0.25) is 9.38 Å². The van der Waals surface area contributed by atoms with E-state index < -0.39 is 0 Å². The van der Waals surface area contributed by atoms with Crippen LogP contribution in [0, 0.1) is 0 Å². The molecule has 0 saturated heterocycles. The first-order chi connectivity index (χ1) is 21.3. The van der Waals surface area contributed by atoms with E-state index in [1.54, 1.807) is 0 Å². The van der Waals surface area contributed by atoms with Gasteiger partial charge < -0.3 is 0 Å². The molecule has 0 saturated carbocycles. The van der Waals surface area contributed by atoms with Crippen LogP contribution in [0.25, 0.3) is 82.6 Å². The van der Waals surface area contributed by atoms with Crippen LogP contribution in [0.5, 0.6) is 0 Å². The zero-order valence-electron chi connectivity index (χ0n) is 23.1. The molecule has 200 valence electrons. The van der Waals surface area contributed by atoms with Gasteiger partial charge in [0.1, 0.15) is 11.2 Å². The van der Waals surface area contributed by atoms with Gasteiger partial charge >= 0.3 is 0 Å². The average molecular weight is 549 g/mol. The Kier molecular flexibility index (Phi) is 5.16. The van der Waals surface area contributed by atoms with Crippen molar-refractivity contribution in [1.82, 2.24) is 19.4 Å². The quantitative estimate of drug-likeness (QED) is 0.206. The van der Waals surface area contributed by atoms with E-state index in [4.69, 9.17) is 9.97 Å². The number of fused-ring (bicyclic) bond motifs is 7. The van der Waals surface area contributed by atoms with Crippen LogP contribution in [0.15, 0.2) is 146 Å². The Morgan fingerprint density at radius 3 is 1.74 bits per heavy atom. The van der Waals surface area contributed by atoms with Gasteiger partial charge in [0.15, 0.2) is 0 Å². The van der Waals surface area contributed by atoms with E-state index in [1.165, 1.54) is 32.7 Å². The molecule has 4 heteroatoms. The lowest BCUT2D eigenvalue weighted by atomic mass is 9.87. The van der Waals surface area contributed by atoms with Crippen molar-refractivity contribution in [3.8, 4) is 33.5 Å². The van der Waals surface area contributed by atoms with Crippen LogP contribution < -0.4 is 0 Å². The highest BCUT2D eigenvalue weighted by atomic mass is 15.0. The Labute approximate surface area is 247 Å². The van der Waals surface area contributed by atoms with E-state index in [-0.39, 0.29) is 0 Å². The molecule has 0 unspecified atom stereocenters. The molecule has 0 aliphatic heterocycles. The van der Waals surface area contributed by atoms with Gasteiger partial charge in [0.2, 0.25) is 0 Å². The first-order valence-corrected chi connectivity index (χ1v) is 14.5. The standard InChI is InChI=1S/C39H24N4/c1-2-11-25(12-3-1)37-39-38(32-18-8-9-19-33(32)41-37)42-34-21-20-27(24-43(34)39)36-30-16-6-4-14-28(30)35(26-13-10-22-40-23-26)29-15-5-7-17-31(29)36/h1-24H. The normalized spacial score (nSPS) is 11.7. The predicted octanol–water partition coefficient (Wildman–Crippen LogP) is 9.74. The van der Waals surface area contributed by atoms with E-state index in [9.17, 15) is 0 Å². The maximum absolute atomic E-state index is 5.18. The maximum atomic E-state index is 5.18. The summed E-state index contributed by atoms with van der Waals surface area (Å²) in [4.78, 5) is 14.8. The van der Waals surface area contributed by atoms with E-state index in [1.807, 2.05) is 30.6 Å². The summed E-state index contributed by atoms with van der Waals surface area (Å²) < 4.78 is 2.23. The first kappa shape index (κ1) is 23.8. The minimum Gasteiger partial charge on any atom is -0.297 e. The van der Waals surface area contributed by atoms with Gasteiger partial charge in [-0.05, 0) is 62.5 Å². The smallest absolute Gasteiger partial charge is 0.138 e. The minimum absolute atomic E-state index is 0.898. The molecule has 5 aromatic carbocycles. The summed E-state index contributed by atoms with van der Waals surface area (Å²) in [6.07, 6.45) is 6.03. The number of para-hydroxylation sites is 1. The summed E-state index contributed by atoms with van der Waals surface area (Å²) in [6.45, 7) is 0. The Bertz CT molecular complexity index is 2440. The third-order valence-electron chi connectivity index (χ3n) is 8.45. The summed E-state index contributed by atoms with van der Waals surface area (Å²) in [6, 6.07) is 44.6. The molecule has 43 heavy (non-hydrogen) atoms. The summed E-state index contributed by atoms with van der Waals surface area (Å²) >= 11 is 0. The van der Waals surface area contributed by atoms with Crippen LogP contribution >= 0.6 is 0 Å². The summed E-state index contributed by atoms with van der Waals surface area (Å²) in [5.41, 5.74) is 10.5. The monoisotopic (exact) mass is 548 g/mol. The molecule has 9 aromatic rings. The lowest BCUT2D eigenvalue weighted by Crippen LogP contribution is -1.94. The minimum atomic E-state index is 0.898. The topological polar surface area (TPSA) is 43.1 Å². The van der Waals surface area contributed by atoms with Crippen LogP contribution in [0.2, 0.25) is 0 Å². The molecule has 0 aliphatic carbocycles. The van der Waals surface area contributed by atoms with Crippen LogP contribution in [-0.4, -0.2) is 19.4 Å². The number of benzene rings is 5. The van der Waals surface area contributed by atoms with Gasteiger partial charge in [-0.2, -0.15) is 0 Å². The second-order valence-electron chi connectivity index (χ2n) is 10.9. The number of aromatic nitrogens is 4. The Morgan fingerprint density at radius 1 is 0.465 bits per heavy atom. The van der Waals surface area contributed by atoms with Crippen molar-refractivity contribution in [2.45, 2.75) is 0 Å². The van der Waals surface area contributed by atoms with E-state index in [0.717, 1.165) is 50.0 Å². The number of nitrogens with zero attached hydrogens (tertiary/aromatic N) is 4. The van der Waals surface area contributed by atoms with Crippen molar-refractivity contribution >= 4 is 49.1 Å². The van der Waals surface area contributed by atoms with Crippen molar-refractivity contribution in [3.05, 3.63) is 146 Å². The molecule has 4 nitrogen and oxygen atoms in total. The van der Waals surface area contributed by atoms with Gasteiger partial charge in [0, 0.05) is 35.1 Å². The average Bonchev–Trinajstić information content (AvgIpc) is 3.47. The van der Waals surface area contributed by atoms with Gasteiger partial charge in [0.25, 0.3) is 0 Å². The molecular weight excluding hydrogens is 524 g/mol. The molecule has 9 rings (SSSR count). The Hall–Kier alpha value is -5.87. The third kappa shape index (κ3) is 3.60. The maximum Gasteiger partial charge on any atom is 0.138 e. The van der Waals surface area contributed by atoms with Crippen molar-refractivity contribution in [2.75, 3.05) is 0 Å². The molecule has 0 amide bonds. The second-order valence-corrected chi connectivity index (χ2v) is 10.9. The number of hydrogen-bond acceptors (Lipinski definition) is 3. The van der Waals surface area contributed by atoms with Crippen molar-refractivity contribution in [2.24, 2.45) is 0 Å². The molecular formula is C39H24N4. The Morgan fingerprint density at radius 2 is 1.07 bits per heavy atom.